The van der Waals surface area contributed by atoms with Crippen molar-refractivity contribution in [3.63, 3.8) is 0 Å². The van der Waals surface area contributed by atoms with Crippen LogP contribution in [0.15, 0.2) is 108 Å². The predicted molar refractivity (Wildman–Crippen MR) is 175 cm³/mol. The highest BCUT2D eigenvalue weighted by Gasteiger charge is 2.35. The number of nitrogens with one attached hydrogen (secondary N) is 1. The van der Waals surface area contributed by atoms with Crippen LogP contribution in [0.5, 0.6) is 11.5 Å². The van der Waals surface area contributed by atoms with Gasteiger partial charge in [0.05, 0.1) is 24.8 Å². The zero-order valence-corrected chi connectivity index (χ0v) is 26.8. The van der Waals surface area contributed by atoms with Gasteiger partial charge in [-0.3, -0.25) is 13.9 Å². The molecule has 1 atom stereocenters. The summed E-state index contributed by atoms with van der Waals surface area (Å²) in [5, 5.41) is 2.87. The summed E-state index contributed by atoms with van der Waals surface area (Å²) in [6, 6.07) is 29.0. The van der Waals surface area contributed by atoms with Crippen LogP contribution in [0.1, 0.15) is 23.6 Å². The lowest BCUT2D eigenvalue weighted by Crippen LogP contribution is -2.53. The van der Waals surface area contributed by atoms with Gasteiger partial charge in [0, 0.05) is 25.6 Å². The van der Waals surface area contributed by atoms with Crippen molar-refractivity contribution in [3.05, 3.63) is 120 Å². The molecule has 9 nitrogen and oxygen atoms in total. The molecule has 10 heteroatoms. The number of nitrogens with zero attached hydrogens (tertiary/aromatic N) is 2. The largest absolute Gasteiger partial charge is 0.497 e. The quantitative estimate of drug-likeness (QED) is 0.211. The Morgan fingerprint density at radius 3 is 2.02 bits per heavy atom. The molecule has 2 amide bonds. The molecule has 4 rings (SSSR count). The number of hydrogen-bond acceptors (Lipinski definition) is 6. The second-order valence-corrected chi connectivity index (χ2v) is 12.3. The molecule has 0 saturated carbocycles. The Hall–Kier alpha value is -4.83. The smallest absolute Gasteiger partial charge is 0.264 e. The van der Waals surface area contributed by atoms with E-state index in [-0.39, 0.29) is 35.2 Å². The number of aryl methyl sites for hydroxylation is 1. The molecule has 0 aliphatic heterocycles. The first-order valence-corrected chi connectivity index (χ1v) is 16.1. The Labute approximate surface area is 265 Å². The van der Waals surface area contributed by atoms with Crippen molar-refractivity contribution in [1.82, 2.24) is 10.2 Å². The van der Waals surface area contributed by atoms with Crippen molar-refractivity contribution < 1.29 is 27.5 Å². The van der Waals surface area contributed by atoms with Gasteiger partial charge in [0.2, 0.25) is 11.8 Å². The fourth-order valence-electron chi connectivity index (χ4n) is 4.97. The molecule has 4 aromatic carbocycles. The maximum atomic E-state index is 14.5. The second-order valence-electron chi connectivity index (χ2n) is 10.5. The molecule has 45 heavy (non-hydrogen) atoms. The minimum atomic E-state index is -4.30. The number of carbonyl (C=O) groups is 2. The minimum Gasteiger partial charge on any atom is -0.497 e. The zero-order chi connectivity index (χ0) is 32.4. The SMILES string of the molecule is CCNC(=O)[C@H](Cc1ccccc1)N(Cc1ccccc1)C(=O)CN(c1cc(OC)ccc1OC)S(=O)(=O)c1ccc(C)cc1. The highest BCUT2D eigenvalue weighted by molar-refractivity contribution is 7.92. The number of rotatable bonds is 14. The fraction of sp³-hybridized carbons (Fsp3) is 0.257. The molecule has 0 radical (unpaired) electrons. The van der Waals surface area contributed by atoms with Crippen molar-refractivity contribution in [3.8, 4) is 11.5 Å². The highest BCUT2D eigenvalue weighted by atomic mass is 32.2. The van der Waals surface area contributed by atoms with Gasteiger partial charge in [-0.1, -0.05) is 78.4 Å². The summed E-state index contributed by atoms with van der Waals surface area (Å²) in [6.07, 6.45) is 0.235. The van der Waals surface area contributed by atoms with Crippen molar-refractivity contribution in [2.45, 2.75) is 37.8 Å². The number of anilines is 1. The van der Waals surface area contributed by atoms with Crippen LogP contribution in [0.2, 0.25) is 0 Å². The molecular formula is C35H39N3O6S. The number of methoxy groups -OCH3 is 2. The van der Waals surface area contributed by atoms with Crippen molar-refractivity contribution >= 4 is 27.5 Å². The van der Waals surface area contributed by atoms with E-state index >= 15 is 0 Å². The molecule has 0 aliphatic carbocycles. The molecule has 0 aromatic heterocycles. The molecule has 0 aliphatic rings. The van der Waals surface area contributed by atoms with E-state index in [0.717, 1.165) is 21.0 Å². The molecule has 0 bridgehead atoms. The van der Waals surface area contributed by atoms with Crippen LogP contribution in [0, 0.1) is 6.92 Å². The van der Waals surface area contributed by atoms with Crippen molar-refractivity contribution in [1.29, 1.82) is 0 Å². The Kier molecular flexibility index (Phi) is 11.2. The van der Waals surface area contributed by atoms with Gasteiger partial charge in [0.1, 0.15) is 24.1 Å². The third-order valence-electron chi connectivity index (χ3n) is 7.36. The first kappa shape index (κ1) is 33.1. The molecule has 4 aromatic rings. The first-order valence-electron chi connectivity index (χ1n) is 14.6. The molecule has 0 heterocycles. The van der Waals surface area contributed by atoms with E-state index in [1.54, 1.807) is 24.3 Å². The summed E-state index contributed by atoms with van der Waals surface area (Å²) in [6.45, 7) is 3.52. The standard InChI is InChI=1S/C35H39N3O6S/c1-5-36-35(40)32(22-27-12-8-6-9-13-27)37(24-28-14-10-7-11-15-28)34(39)25-38(31-23-29(43-3)18-21-33(31)44-4)45(41,42)30-19-16-26(2)17-20-30/h6-21,23,32H,5,22,24-25H2,1-4H3,(H,36,40)/t32-/m0/s1. The van der Waals surface area contributed by atoms with E-state index in [9.17, 15) is 18.0 Å². The number of hydrogen-bond donors (Lipinski definition) is 1. The number of ether oxygens (including phenoxy) is 2. The van der Waals surface area contributed by atoms with Crippen LogP contribution in [-0.4, -0.2) is 58.5 Å². The molecule has 0 saturated heterocycles. The van der Waals surface area contributed by atoms with Crippen LogP contribution >= 0.6 is 0 Å². The topological polar surface area (TPSA) is 105 Å². The monoisotopic (exact) mass is 629 g/mol. The second kappa shape index (κ2) is 15.3. The van der Waals surface area contributed by atoms with E-state index in [1.165, 1.54) is 37.3 Å². The zero-order valence-electron chi connectivity index (χ0n) is 26.0. The lowest BCUT2D eigenvalue weighted by Gasteiger charge is -2.34. The number of amides is 2. The number of likely N-dealkylation sites (N-methyl/N-ethyl adjacent to an activating group) is 1. The van der Waals surface area contributed by atoms with Gasteiger partial charge >= 0.3 is 0 Å². The van der Waals surface area contributed by atoms with E-state index in [4.69, 9.17) is 9.47 Å². The average Bonchev–Trinajstić information content (AvgIpc) is 3.06. The number of benzene rings is 4. The normalized spacial score (nSPS) is 11.7. The van der Waals surface area contributed by atoms with Gasteiger partial charge in [0.25, 0.3) is 10.0 Å². The average molecular weight is 630 g/mol. The maximum absolute atomic E-state index is 14.5. The summed E-state index contributed by atoms with van der Waals surface area (Å²) in [4.78, 5) is 29.6. The third-order valence-corrected chi connectivity index (χ3v) is 9.13. The van der Waals surface area contributed by atoms with Gasteiger partial charge in [-0.2, -0.15) is 0 Å². The highest BCUT2D eigenvalue weighted by Crippen LogP contribution is 2.36. The summed E-state index contributed by atoms with van der Waals surface area (Å²) < 4.78 is 40.6. The molecule has 0 unspecified atom stereocenters. The van der Waals surface area contributed by atoms with Gasteiger partial charge in [0.15, 0.2) is 0 Å². The van der Waals surface area contributed by atoms with Crippen LogP contribution in [-0.2, 0) is 32.6 Å². The summed E-state index contributed by atoms with van der Waals surface area (Å²) in [5.74, 6) is -0.282. The molecule has 236 valence electrons. The number of sulfonamides is 1. The maximum Gasteiger partial charge on any atom is 0.264 e. The molecule has 1 N–H and O–H groups in total. The molecular weight excluding hydrogens is 590 g/mol. The Morgan fingerprint density at radius 1 is 0.822 bits per heavy atom. The summed E-state index contributed by atoms with van der Waals surface area (Å²) in [5.41, 5.74) is 2.66. The van der Waals surface area contributed by atoms with E-state index in [2.05, 4.69) is 5.32 Å². The van der Waals surface area contributed by atoms with Crippen molar-refractivity contribution in [2.24, 2.45) is 0 Å². The fourth-order valence-corrected chi connectivity index (χ4v) is 6.39. The Morgan fingerprint density at radius 2 is 1.44 bits per heavy atom. The van der Waals surface area contributed by atoms with Gasteiger partial charge in [-0.15, -0.1) is 0 Å². The van der Waals surface area contributed by atoms with Crippen LogP contribution in [0.3, 0.4) is 0 Å². The first-order chi connectivity index (χ1) is 21.7. The summed E-state index contributed by atoms with van der Waals surface area (Å²) in [7, 11) is -1.40. The van der Waals surface area contributed by atoms with Crippen molar-refractivity contribution in [2.75, 3.05) is 31.6 Å². The van der Waals surface area contributed by atoms with E-state index < -0.39 is 28.5 Å². The number of carbonyl (C=O) groups excluding carboxylic acids is 2. The van der Waals surface area contributed by atoms with Gasteiger partial charge in [-0.05, 0) is 49.2 Å². The Balaban J connectivity index is 1.85. The van der Waals surface area contributed by atoms with Crippen LogP contribution in [0.25, 0.3) is 0 Å². The minimum absolute atomic E-state index is 0.00458. The van der Waals surface area contributed by atoms with Gasteiger partial charge < -0.3 is 19.7 Å². The summed E-state index contributed by atoms with van der Waals surface area (Å²) >= 11 is 0. The predicted octanol–water partition coefficient (Wildman–Crippen LogP) is 4.98. The molecule has 0 fully saturated rings. The van der Waals surface area contributed by atoms with E-state index in [1.807, 2.05) is 74.5 Å². The van der Waals surface area contributed by atoms with Crippen LogP contribution < -0.4 is 19.1 Å². The van der Waals surface area contributed by atoms with Gasteiger partial charge in [-0.25, -0.2) is 8.42 Å². The van der Waals surface area contributed by atoms with Crippen LogP contribution in [0.4, 0.5) is 5.69 Å². The molecule has 0 spiro atoms. The Bertz CT molecular complexity index is 1680. The lowest BCUT2D eigenvalue weighted by atomic mass is 10.0. The van der Waals surface area contributed by atoms with E-state index in [0.29, 0.717) is 12.3 Å². The third kappa shape index (κ3) is 8.21. The lowest BCUT2D eigenvalue weighted by molar-refractivity contribution is -0.140.